The van der Waals surface area contributed by atoms with Gasteiger partial charge in [-0.15, -0.1) is 0 Å². The average molecular weight is 266 g/mol. The van der Waals surface area contributed by atoms with E-state index in [1.807, 2.05) is 6.92 Å². The van der Waals surface area contributed by atoms with E-state index in [9.17, 15) is 9.90 Å². The van der Waals surface area contributed by atoms with E-state index in [1.165, 1.54) is 7.11 Å². The number of nitrogens with one attached hydrogen (secondary N) is 1. The highest BCUT2D eigenvalue weighted by Crippen LogP contribution is 2.19. The third kappa shape index (κ3) is 4.44. The zero-order valence-electron chi connectivity index (χ0n) is 11.7. The predicted molar refractivity (Wildman–Crippen MR) is 75.3 cm³/mol. The Bertz CT molecular complexity index is 444. The van der Waals surface area contributed by atoms with Crippen molar-refractivity contribution in [2.45, 2.75) is 32.3 Å². The lowest BCUT2D eigenvalue weighted by Gasteiger charge is -2.23. The average Bonchev–Trinajstić information content (AvgIpc) is 2.36. The van der Waals surface area contributed by atoms with Gasteiger partial charge in [0.15, 0.2) is 0 Å². The second-order valence-corrected chi connectivity index (χ2v) is 4.88. The fraction of sp³-hybridized carbons (Fsp3) is 0.500. The lowest BCUT2D eigenvalue weighted by atomic mass is 10.0. The second kappa shape index (κ2) is 6.43. The van der Waals surface area contributed by atoms with Crippen LogP contribution in [0.5, 0.6) is 5.75 Å². The van der Waals surface area contributed by atoms with Crippen LogP contribution in [0.1, 0.15) is 37.0 Å². The second-order valence-electron chi connectivity index (χ2n) is 4.88. The number of anilines is 1. The van der Waals surface area contributed by atoms with Gasteiger partial charge in [0.25, 0.3) is 5.91 Å². The molecule has 0 aliphatic heterocycles. The van der Waals surface area contributed by atoms with E-state index in [0.29, 0.717) is 23.4 Å². The summed E-state index contributed by atoms with van der Waals surface area (Å²) in [5, 5.41) is 12.7. The van der Waals surface area contributed by atoms with E-state index in [2.05, 4.69) is 5.32 Å². The first-order valence-corrected chi connectivity index (χ1v) is 6.33. The van der Waals surface area contributed by atoms with Crippen LogP contribution in [0, 0.1) is 0 Å². The molecule has 0 aliphatic carbocycles. The maximum Gasteiger partial charge on any atom is 0.253 e. The molecule has 1 rings (SSSR count). The number of carbonyl (C=O) groups is 1. The van der Waals surface area contributed by atoms with Crippen LogP contribution in [-0.4, -0.2) is 30.3 Å². The highest BCUT2D eigenvalue weighted by Gasteiger charge is 2.20. The van der Waals surface area contributed by atoms with Crippen molar-refractivity contribution in [2.24, 2.45) is 0 Å². The van der Waals surface area contributed by atoms with Crippen LogP contribution in [0.15, 0.2) is 18.2 Å². The molecule has 5 nitrogen and oxygen atoms in total. The molecule has 0 saturated carbocycles. The molecule has 0 fully saturated rings. The van der Waals surface area contributed by atoms with Crippen molar-refractivity contribution < 1.29 is 14.6 Å². The number of nitrogens with two attached hydrogens (primary N) is 1. The largest absolute Gasteiger partial charge is 0.497 e. The van der Waals surface area contributed by atoms with Gasteiger partial charge in [0.2, 0.25) is 0 Å². The van der Waals surface area contributed by atoms with Crippen molar-refractivity contribution in [1.29, 1.82) is 0 Å². The van der Waals surface area contributed by atoms with Crippen LogP contribution >= 0.6 is 0 Å². The minimum atomic E-state index is -0.897. The summed E-state index contributed by atoms with van der Waals surface area (Å²) in [7, 11) is 1.54. The van der Waals surface area contributed by atoms with Gasteiger partial charge in [0.05, 0.1) is 18.3 Å². The number of carbonyl (C=O) groups excluding carboxylic acids is 1. The first-order valence-electron chi connectivity index (χ1n) is 6.33. The van der Waals surface area contributed by atoms with Gasteiger partial charge in [-0.2, -0.15) is 0 Å². The van der Waals surface area contributed by atoms with Crippen molar-refractivity contribution in [3.63, 3.8) is 0 Å². The van der Waals surface area contributed by atoms with Gasteiger partial charge in [-0.1, -0.05) is 13.3 Å². The Morgan fingerprint density at radius 2 is 2.21 bits per heavy atom. The summed E-state index contributed by atoms with van der Waals surface area (Å²) in [4.78, 5) is 12.0. The molecule has 0 saturated heterocycles. The van der Waals surface area contributed by atoms with E-state index in [-0.39, 0.29) is 12.5 Å². The molecule has 1 unspecified atom stereocenters. The summed E-state index contributed by atoms with van der Waals surface area (Å²) in [6, 6.07) is 4.88. The van der Waals surface area contributed by atoms with E-state index in [1.54, 1.807) is 25.1 Å². The molecule has 1 aromatic carbocycles. The van der Waals surface area contributed by atoms with Gasteiger partial charge in [-0.3, -0.25) is 4.79 Å². The number of ether oxygens (including phenoxy) is 1. The smallest absolute Gasteiger partial charge is 0.253 e. The van der Waals surface area contributed by atoms with E-state index in [4.69, 9.17) is 10.5 Å². The Morgan fingerprint density at radius 1 is 1.53 bits per heavy atom. The monoisotopic (exact) mass is 266 g/mol. The molecule has 0 aliphatic rings. The summed E-state index contributed by atoms with van der Waals surface area (Å²) in [5.41, 5.74) is 5.63. The number of hydrogen-bond acceptors (Lipinski definition) is 4. The van der Waals surface area contributed by atoms with Crippen LogP contribution < -0.4 is 15.8 Å². The normalized spacial score (nSPS) is 13.7. The highest BCUT2D eigenvalue weighted by molar-refractivity contribution is 5.99. The molecule has 0 spiro atoms. The van der Waals surface area contributed by atoms with Gasteiger partial charge < -0.3 is 20.9 Å². The number of rotatable bonds is 6. The molecular weight excluding hydrogens is 244 g/mol. The molecule has 1 amide bonds. The van der Waals surface area contributed by atoms with Crippen molar-refractivity contribution in [1.82, 2.24) is 5.32 Å². The lowest BCUT2D eigenvalue weighted by molar-refractivity contribution is 0.0470. The van der Waals surface area contributed by atoms with Crippen molar-refractivity contribution in [3.05, 3.63) is 23.8 Å². The topological polar surface area (TPSA) is 84.6 Å². The minimum Gasteiger partial charge on any atom is -0.497 e. The quantitative estimate of drug-likeness (QED) is 0.682. The summed E-state index contributed by atoms with van der Waals surface area (Å²) in [6.07, 6.45) is 1.49. The summed E-state index contributed by atoms with van der Waals surface area (Å²) in [5.74, 6) is 0.309. The fourth-order valence-electron chi connectivity index (χ4n) is 1.87. The van der Waals surface area contributed by atoms with Gasteiger partial charge >= 0.3 is 0 Å². The zero-order chi connectivity index (χ0) is 14.5. The third-order valence-electron chi connectivity index (χ3n) is 2.92. The molecule has 0 bridgehead atoms. The number of nitrogen functional groups attached to an aromatic ring is 1. The summed E-state index contributed by atoms with van der Waals surface area (Å²) >= 11 is 0. The highest BCUT2D eigenvalue weighted by atomic mass is 16.5. The summed E-state index contributed by atoms with van der Waals surface area (Å²) < 4.78 is 5.02. The van der Waals surface area contributed by atoms with Crippen LogP contribution in [-0.2, 0) is 0 Å². The van der Waals surface area contributed by atoms with Crippen molar-refractivity contribution in [3.8, 4) is 5.75 Å². The fourth-order valence-corrected chi connectivity index (χ4v) is 1.87. The number of amides is 1. The molecule has 5 heteroatoms. The van der Waals surface area contributed by atoms with E-state index >= 15 is 0 Å². The zero-order valence-corrected chi connectivity index (χ0v) is 11.7. The van der Waals surface area contributed by atoms with Crippen LogP contribution in [0.4, 0.5) is 5.69 Å². The Kier molecular flexibility index (Phi) is 5.18. The van der Waals surface area contributed by atoms with E-state index < -0.39 is 5.60 Å². The first-order chi connectivity index (χ1) is 8.89. The molecule has 0 radical (unpaired) electrons. The molecule has 1 aromatic rings. The number of benzene rings is 1. The first kappa shape index (κ1) is 15.3. The van der Waals surface area contributed by atoms with Crippen molar-refractivity contribution in [2.75, 3.05) is 19.4 Å². The molecule has 0 heterocycles. The standard InChI is InChI=1S/C14H22N2O3/c1-4-7-14(2,18)9-16-13(17)11-6-5-10(19-3)8-12(11)15/h5-6,8,18H,4,7,9,15H2,1-3H3,(H,16,17). The van der Waals surface area contributed by atoms with Gasteiger partial charge in [-0.25, -0.2) is 0 Å². The Morgan fingerprint density at radius 3 is 2.74 bits per heavy atom. The SMILES string of the molecule is CCCC(C)(O)CNC(=O)c1ccc(OC)cc1N. The maximum atomic E-state index is 12.0. The van der Waals surface area contributed by atoms with Gasteiger partial charge in [0.1, 0.15) is 5.75 Å². The Hall–Kier alpha value is -1.75. The third-order valence-corrected chi connectivity index (χ3v) is 2.92. The molecule has 4 N–H and O–H groups in total. The number of methoxy groups -OCH3 is 1. The van der Waals surface area contributed by atoms with Crippen LogP contribution in [0.3, 0.4) is 0 Å². The molecule has 106 valence electrons. The Labute approximate surface area is 113 Å². The maximum absolute atomic E-state index is 12.0. The molecule has 0 aromatic heterocycles. The van der Waals surface area contributed by atoms with E-state index in [0.717, 1.165) is 6.42 Å². The van der Waals surface area contributed by atoms with Crippen LogP contribution in [0.25, 0.3) is 0 Å². The minimum absolute atomic E-state index is 0.200. The predicted octanol–water partition coefficient (Wildman–Crippen LogP) is 1.56. The lowest BCUT2D eigenvalue weighted by Crippen LogP contribution is -2.40. The Balaban J connectivity index is 2.68. The molecular formula is C14H22N2O3. The van der Waals surface area contributed by atoms with Gasteiger partial charge in [0, 0.05) is 18.3 Å². The molecule has 1 atom stereocenters. The van der Waals surface area contributed by atoms with Gasteiger partial charge in [-0.05, 0) is 25.5 Å². The number of hydrogen-bond donors (Lipinski definition) is 3. The van der Waals surface area contributed by atoms with Crippen molar-refractivity contribution >= 4 is 11.6 Å². The number of aliphatic hydroxyl groups is 1. The summed E-state index contributed by atoms with van der Waals surface area (Å²) in [6.45, 7) is 3.89. The van der Waals surface area contributed by atoms with Crippen LogP contribution in [0.2, 0.25) is 0 Å². The molecule has 19 heavy (non-hydrogen) atoms.